The first-order chi connectivity index (χ1) is 13.0. The van der Waals surface area contributed by atoms with Crippen molar-refractivity contribution in [1.29, 1.82) is 0 Å². The summed E-state index contributed by atoms with van der Waals surface area (Å²) in [4.78, 5) is 35.0. The molecular weight excluding hydrogens is 346 g/mol. The summed E-state index contributed by atoms with van der Waals surface area (Å²) in [5.74, 6) is -1.31. The van der Waals surface area contributed by atoms with Crippen LogP contribution in [0.3, 0.4) is 0 Å². The van der Waals surface area contributed by atoms with Crippen molar-refractivity contribution in [2.24, 2.45) is 0 Å². The molecule has 0 radical (unpaired) electrons. The SMILES string of the molecule is CCCCCCCCCCC(=O)N[C@@H](CCC(=O)CCCOCC)C(=O)O. The quantitative estimate of drug-likeness (QED) is 0.324. The molecule has 27 heavy (non-hydrogen) atoms. The van der Waals surface area contributed by atoms with Gasteiger partial charge in [-0.3, -0.25) is 9.59 Å². The summed E-state index contributed by atoms with van der Waals surface area (Å²) in [6.07, 6.45) is 10.8. The van der Waals surface area contributed by atoms with Gasteiger partial charge in [0.25, 0.3) is 0 Å². The Morgan fingerprint density at radius 2 is 1.48 bits per heavy atom. The van der Waals surface area contributed by atoms with E-state index in [-0.39, 0.29) is 24.5 Å². The Kier molecular flexibility index (Phi) is 17.0. The maximum absolute atomic E-state index is 11.9. The summed E-state index contributed by atoms with van der Waals surface area (Å²) >= 11 is 0. The van der Waals surface area contributed by atoms with Crippen LogP contribution >= 0.6 is 0 Å². The first-order valence-corrected chi connectivity index (χ1v) is 10.6. The lowest BCUT2D eigenvalue weighted by atomic mass is 10.0. The molecule has 0 saturated carbocycles. The third kappa shape index (κ3) is 16.5. The molecule has 0 spiro atoms. The van der Waals surface area contributed by atoms with Crippen LogP contribution in [0.1, 0.15) is 97.3 Å². The van der Waals surface area contributed by atoms with Crippen molar-refractivity contribution in [1.82, 2.24) is 5.32 Å². The number of unbranched alkanes of at least 4 members (excludes halogenated alkanes) is 7. The fraction of sp³-hybridized carbons (Fsp3) is 0.857. The van der Waals surface area contributed by atoms with E-state index in [0.717, 1.165) is 19.3 Å². The van der Waals surface area contributed by atoms with Crippen molar-refractivity contribution in [3.05, 3.63) is 0 Å². The van der Waals surface area contributed by atoms with Crippen molar-refractivity contribution in [3.63, 3.8) is 0 Å². The molecule has 0 aromatic rings. The number of nitrogens with one attached hydrogen (secondary N) is 1. The summed E-state index contributed by atoms with van der Waals surface area (Å²) in [5.41, 5.74) is 0. The van der Waals surface area contributed by atoms with Gasteiger partial charge in [0, 0.05) is 32.5 Å². The zero-order chi connectivity index (χ0) is 20.3. The van der Waals surface area contributed by atoms with E-state index in [0.29, 0.717) is 32.5 Å². The molecular formula is C21H39NO5. The molecule has 0 bridgehead atoms. The number of ether oxygens (including phenoxy) is 1. The van der Waals surface area contributed by atoms with Crippen LogP contribution in [-0.4, -0.2) is 42.0 Å². The summed E-state index contributed by atoms with van der Waals surface area (Å²) < 4.78 is 5.18. The molecule has 0 unspecified atom stereocenters. The minimum Gasteiger partial charge on any atom is -0.480 e. The highest BCUT2D eigenvalue weighted by atomic mass is 16.5. The van der Waals surface area contributed by atoms with Crippen molar-refractivity contribution < 1.29 is 24.2 Å². The van der Waals surface area contributed by atoms with E-state index in [9.17, 15) is 19.5 Å². The predicted molar refractivity (Wildman–Crippen MR) is 107 cm³/mol. The zero-order valence-corrected chi connectivity index (χ0v) is 17.3. The topological polar surface area (TPSA) is 92.7 Å². The number of rotatable bonds is 19. The van der Waals surface area contributed by atoms with Crippen molar-refractivity contribution in [2.45, 2.75) is 103 Å². The third-order valence-corrected chi connectivity index (χ3v) is 4.55. The monoisotopic (exact) mass is 385 g/mol. The fourth-order valence-corrected chi connectivity index (χ4v) is 2.89. The van der Waals surface area contributed by atoms with Gasteiger partial charge < -0.3 is 15.2 Å². The van der Waals surface area contributed by atoms with Gasteiger partial charge in [-0.25, -0.2) is 4.79 Å². The zero-order valence-electron chi connectivity index (χ0n) is 17.3. The lowest BCUT2D eigenvalue weighted by molar-refractivity contribution is -0.142. The Balaban J connectivity index is 3.87. The first-order valence-electron chi connectivity index (χ1n) is 10.6. The number of carboxylic acids is 1. The van der Waals surface area contributed by atoms with Crippen LogP contribution in [0.5, 0.6) is 0 Å². The minimum atomic E-state index is -1.08. The van der Waals surface area contributed by atoms with E-state index >= 15 is 0 Å². The summed E-state index contributed by atoms with van der Waals surface area (Å²) in [6, 6.07) is -0.984. The standard InChI is InChI=1S/C21H39NO5/c1-3-5-6-7-8-9-10-11-14-20(24)22-19(21(25)26)16-15-18(23)13-12-17-27-4-2/h19H,3-17H2,1-2H3,(H,22,24)(H,25,26)/t19-/m0/s1. The van der Waals surface area contributed by atoms with Crippen LogP contribution in [0.4, 0.5) is 0 Å². The van der Waals surface area contributed by atoms with Crippen LogP contribution in [0, 0.1) is 0 Å². The number of carbonyl (C=O) groups excluding carboxylic acids is 2. The smallest absolute Gasteiger partial charge is 0.326 e. The van der Waals surface area contributed by atoms with E-state index in [1.54, 1.807) is 0 Å². The minimum absolute atomic E-state index is 0.0123. The largest absolute Gasteiger partial charge is 0.480 e. The number of amides is 1. The average molecular weight is 386 g/mol. The number of ketones is 1. The average Bonchev–Trinajstić information content (AvgIpc) is 2.64. The Hall–Kier alpha value is -1.43. The van der Waals surface area contributed by atoms with Crippen LogP contribution in [-0.2, 0) is 19.1 Å². The van der Waals surface area contributed by atoms with Gasteiger partial charge in [0.2, 0.25) is 5.91 Å². The Labute approximate surface area is 164 Å². The molecule has 0 aliphatic carbocycles. The molecule has 6 nitrogen and oxygen atoms in total. The van der Waals surface area contributed by atoms with Crippen LogP contribution in [0.15, 0.2) is 0 Å². The fourth-order valence-electron chi connectivity index (χ4n) is 2.89. The molecule has 6 heteroatoms. The molecule has 0 fully saturated rings. The number of carboxylic acid groups (broad SMARTS) is 1. The number of hydrogen-bond acceptors (Lipinski definition) is 4. The Morgan fingerprint density at radius 1 is 0.852 bits per heavy atom. The number of hydrogen-bond donors (Lipinski definition) is 2. The second-order valence-electron chi connectivity index (χ2n) is 7.06. The van der Waals surface area contributed by atoms with Gasteiger partial charge in [-0.2, -0.15) is 0 Å². The molecule has 0 aromatic carbocycles. The van der Waals surface area contributed by atoms with Crippen LogP contribution in [0.25, 0.3) is 0 Å². The van der Waals surface area contributed by atoms with E-state index in [1.165, 1.54) is 32.1 Å². The maximum Gasteiger partial charge on any atom is 0.326 e. The highest BCUT2D eigenvalue weighted by Crippen LogP contribution is 2.10. The van der Waals surface area contributed by atoms with Crippen molar-refractivity contribution in [3.8, 4) is 0 Å². The van der Waals surface area contributed by atoms with E-state index in [1.807, 2.05) is 6.92 Å². The van der Waals surface area contributed by atoms with Gasteiger partial charge >= 0.3 is 5.97 Å². The number of aliphatic carboxylic acids is 1. The second-order valence-corrected chi connectivity index (χ2v) is 7.06. The number of Topliss-reactive ketones (excluding diaryl/α,β-unsaturated/α-hetero) is 1. The van der Waals surface area contributed by atoms with Crippen LogP contribution in [0.2, 0.25) is 0 Å². The lowest BCUT2D eigenvalue weighted by Crippen LogP contribution is -2.41. The number of carbonyl (C=O) groups is 3. The molecule has 1 atom stereocenters. The molecule has 0 aromatic heterocycles. The second kappa shape index (κ2) is 18.0. The van der Waals surface area contributed by atoms with E-state index in [4.69, 9.17) is 4.74 Å². The molecule has 1 amide bonds. The van der Waals surface area contributed by atoms with Gasteiger partial charge in [-0.15, -0.1) is 0 Å². The van der Waals surface area contributed by atoms with Crippen LogP contribution < -0.4 is 5.32 Å². The maximum atomic E-state index is 11.9. The van der Waals surface area contributed by atoms with Gasteiger partial charge in [0.05, 0.1) is 0 Å². The molecule has 0 saturated heterocycles. The summed E-state index contributed by atoms with van der Waals surface area (Å²) in [5, 5.41) is 11.8. The van der Waals surface area contributed by atoms with Crippen molar-refractivity contribution in [2.75, 3.05) is 13.2 Å². The highest BCUT2D eigenvalue weighted by Gasteiger charge is 2.20. The predicted octanol–water partition coefficient (Wildman–Crippen LogP) is 4.25. The molecule has 2 N–H and O–H groups in total. The normalized spacial score (nSPS) is 11.9. The van der Waals surface area contributed by atoms with Gasteiger partial charge in [0.15, 0.2) is 0 Å². The molecule has 0 aliphatic rings. The van der Waals surface area contributed by atoms with Crippen molar-refractivity contribution >= 4 is 17.7 Å². The summed E-state index contributed by atoms with van der Waals surface area (Å²) in [7, 11) is 0. The summed E-state index contributed by atoms with van der Waals surface area (Å²) in [6.45, 7) is 5.26. The van der Waals surface area contributed by atoms with E-state index in [2.05, 4.69) is 12.2 Å². The molecule has 0 heterocycles. The highest BCUT2D eigenvalue weighted by molar-refractivity contribution is 5.84. The van der Waals surface area contributed by atoms with Gasteiger partial charge in [-0.05, 0) is 26.2 Å². The van der Waals surface area contributed by atoms with E-state index < -0.39 is 12.0 Å². The van der Waals surface area contributed by atoms with Gasteiger partial charge in [0.1, 0.15) is 11.8 Å². The molecule has 0 rings (SSSR count). The lowest BCUT2D eigenvalue weighted by Gasteiger charge is -2.14. The first kappa shape index (κ1) is 25.6. The third-order valence-electron chi connectivity index (χ3n) is 4.55. The Morgan fingerprint density at radius 3 is 2.07 bits per heavy atom. The molecule has 158 valence electrons. The molecule has 0 aliphatic heterocycles. The van der Waals surface area contributed by atoms with Gasteiger partial charge in [-0.1, -0.05) is 51.9 Å². The Bertz CT molecular complexity index is 411.